The largest absolute Gasteiger partial charge is 0.497 e. The van der Waals surface area contributed by atoms with Crippen molar-refractivity contribution in [2.45, 2.75) is 25.5 Å². The maximum absolute atomic E-state index is 5.87. The molecule has 1 fully saturated rings. The Hall–Kier alpha value is -3.06. The summed E-state index contributed by atoms with van der Waals surface area (Å²) < 4.78 is 11.1. The fourth-order valence-corrected chi connectivity index (χ4v) is 3.12. The Morgan fingerprint density at radius 1 is 1.22 bits per heavy atom. The van der Waals surface area contributed by atoms with Crippen LogP contribution in [0, 0.1) is 0 Å². The lowest BCUT2D eigenvalue weighted by atomic mass is 10.1. The molecule has 138 valence electrons. The number of hydrogen-bond acceptors (Lipinski definition) is 7. The molecule has 0 bridgehead atoms. The minimum absolute atomic E-state index is 0.0395. The highest BCUT2D eigenvalue weighted by molar-refractivity contribution is 5.61. The molecular weight excluding hydrogens is 342 g/mol. The third kappa shape index (κ3) is 4.03. The van der Waals surface area contributed by atoms with Crippen molar-refractivity contribution < 1.29 is 9.47 Å². The molecule has 3 heterocycles. The zero-order valence-corrected chi connectivity index (χ0v) is 15.1. The molecule has 1 saturated heterocycles. The quantitative estimate of drug-likeness (QED) is 0.718. The Kier molecular flexibility index (Phi) is 5.20. The van der Waals surface area contributed by atoms with E-state index in [0.717, 1.165) is 47.7 Å². The Bertz CT molecular complexity index is 898. The first kappa shape index (κ1) is 17.4. The normalized spacial score (nSPS) is 16.3. The molecule has 3 aromatic rings. The van der Waals surface area contributed by atoms with E-state index in [9.17, 15) is 0 Å². The number of rotatable bonds is 6. The molecule has 1 atom stereocenters. The highest BCUT2D eigenvalue weighted by Gasteiger charge is 2.24. The zero-order valence-electron chi connectivity index (χ0n) is 15.1. The van der Waals surface area contributed by atoms with Gasteiger partial charge in [0.25, 0.3) is 0 Å². The number of benzene rings is 1. The molecule has 2 aromatic heterocycles. The SMILES string of the molecule is COc1cccc(CNc2ncc(-c3cnccn3)c(C3CCCO3)n2)c1. The van der Waals surface area contributed by atoms with Crippen LogP contribution in [0.5, 0.6) is 5.75 Å². The van der Waals surface area contributed by atoms with Gasteiger partial charge in [-0.3, -0.25) is 9.97 Å². The Morgan fingerprint density at radius 3 is 2.96 bits per heavy atom. The summed E-state index contributed by atoms with van der Waals surface area (Å²) in [7, 11) is 1.66. The summed E-state index contributed by atoms with van der Waals surface area (Å²) in [4.78, 5) is 17.8. The molecule has 1 unspecified atom stereocenters. The lowest BCUT2D eigenvalue weighted by molar-refractivity contribution is 0.109. The van der Waals surface area contributed by atoms with Gasteiger partial charge in [0, 0.05) is 37.3 Å². The molecule has 0 radical (unpaired) electrons. The lowest BCUT2D eigenvalue weighted by Crippen LogP contribution is -2.09. The summed E-state index contributed by atoms with van der Waals surface area (Å²) in [6.07, 6.45) is 8.77. The van der Waals surface area contributed by atoms with E-state index in [-0.39, 0.29) is 6.10 Å². The Morgan fingerprint density at radius 2 is 2.19 bits per heavy atom. The second kappa shape index (κ2) is 8.09. The topological polar surface area (TPSA) is 82.0 Å². The van der Waals surface area contributed by atoms with Gasteiger partial charge in [0.1, 0.15) is 11.9 Å². The van der Waals surface area contributed by atoms with Crippen molar-refractivity contribution in [3.8, 4) is 17.0 Å². The van der Waals surface area contributed by atoms with Gasteiger partial charge in [-0.15, -0.1) is 0 Å². The van der Waals surface area contributed by atoms with Gasteiger partial charge >= 0.3 is 0 Å². The number of anilines is 1. The van der Waals surface area contributed by atoms with Crippen molar-refractivity contribution in [3.63, 3.8) is 0 Å². The second-order valence-corrected chi connectivity index (χ2v) is 6.29. The van der Waals surface area contributed by atoms with Crippen molar-refractivity contribution >= 4 is 5.95 Å². The van der Waals surface area contributed by atoms with E-state index >= 15 is 0 Å². The summed E-state index contributed by atoms with van der Waals surface area (Å²) in [5.74, 6) is 1.39. The first-order chi connectivity index (χ1) is 13.3. The predicted octanol–water partition coefficient (Wildman–Crippen LogP) is 3.41. The van der Waals surface area contributed by atoms with Gasteiger partial charge in [0.15, 0.2) is 0 Å². The van der Waals surface area contributed by atoms with Crippen LogP contribution in [0.4, 0.5) is 5.95 Å². The minimum atomic E-state index is -0.0395. The maximum atomic E-state index is 5.87. The summed E-state index contributed by atoms with van der Waals surface area (Å²) >= 11 is 0. The van der Waals surface area contributed by atoms with E-state index < -0.39 is 0 Å². The van der Waals surface area contributed by atoms with E-state index in [0.29, 0.717) is 12.5 Å². The minimum Gasteiger partial charge on any atom is -0.497 e. The van der Waals surface area contributed by atoms with Gasteiger partial charge < -0.3 is 14.8 Å². The molecule has 4 rings (SSSR count). The van der Waals surface area contributed by atoms with Crippen molar-refractivity contribution in [3.05, 3.63) is 60.3 Å². The average molecular weight is 363 g/mol. The van der Waals surface area contributed by atoms with E-state index in [1.54, 1.807) is 31.9 Å². The van der Waals surface area contributed by atoms with Crippen molar-refractivity contribution in [2.24, 2.45) is 0 Å². The fraction of sp³-hybridized carbons (Fsp3) is 0.300. The van der Waals surface area contributed by atoms with Crippen LogP contribution in [0.15, 0.2) is 49.1 Å². The average Bonchev–Trinajstić information content (AvgIpc) is 3.28. The third-order valence-corrected chi connectivity index (χ3v) is 4.48. The van der Waals surface area contributed by atoms with Gasteiger partial charge in [-0.2, -0.15) is 0 Å². The molecule has 1 aromatic carbocycles. The molecule has 7 nitrogen and oxygen atoms in total. The van der Waals surface area contributed by atoms with Gasteiger partial charge in [-0.25, -0.2) is 9.97 Å². The van der Waals surface area contributed by atoms with E-state index in [4.69, 9.17) is 14.5 Å². The van der Waals surface area contributed by atoms with Gasteiger partial charge in [-0.05, 0) is 30.5 Å². The summed E-state index contributed by atoms with van der Waals surface area (Å²) in [6, 6.07) is 7.91. The highest BCUT2D eigenvalue weighted by Crippen LogP contribution is 2.33. The van der Waals surface area contributed by atoms with Crippen molar-refractivity contribution in [1.29, 1.82) is 0 Å². The molecule has 1 N–H and O–H groups in total. The Balaban J connectivity index is 1.59. The first-order valence-corrected chi connectivity index (χ1v) is 8.95. The number of hydrogen-bond donors (Lipinski definition) is 1. The monoisotopic (exact) mass is 363 g/mol. The summed E-state index contributed by atoms with van der Waals surface area (Å²) in [5.41, 5.74) is 3.56. The lowest BCUT2D eigenvalue weighted by Gasteiger charge is -2.15. The number of methoxy groups -OCH3 is 1. The van der Waals surface area contributed by atoms with Crippen LogP contribution in [-0.4, -0.2) is 33.7 Å². The van der Waals surface area contributed by atoms with Crippen LogP contribution >= 0.6 is 0 Å². The van der Waals surface area contributed by atoms with Crippen molar-refractivity contribution in [1.82, 2.24) is 19.9 Å². The summed E-state index contributed by atoms with van der Waals surface area (Å²) in [6.45, 7) is 1.35. The standard InChI is InChI=1S/C20H21N5O2/c1-26-15-5-2-4-14(10-15)11-23-20-24-12-16(17-13-21-7-8-22-17)19(25-20)18-6-3-9-27-18/h2,4-5,7-8,10,12-13,18H,3,6,9,11H2,1H3,(H,23,24,25). The zero-order chi connectivity index (χ0) is 18.5. The maximum Gasteiger partial charge on any atom is 0.223 e. The Labute approximate surface area is 157 Å². The molecule has 0 aliphatic carbocycles. The molecule has 1 aliphatic rings. The van der Waals surface area contributed by atoms with E-state index in [1.165, 1.54) is 0 Å². The van der Waals surface area contributed by atoms with Crippen LogP contribution in [0.2, 0.25) is 0 Å². The molecule has 27 heavy (non-hydrogen) atoms. The van der Waals surface area contributed by atoms with Crippen LogP contribution in [-0.2, 0) is 11.3 Å². The van der Waals surface area contributed by atoms with E-state index in [2.05, 4.69) is 20.3 Å². The molecule has 0 amide bonds. The number of ether oxygens (including phenoxy) is 2. The highest BCUT2D eigenvalue weighted by atomic mass is 16.5. The van der Waals surface area contributed by atoms with Crippen LogP contribution in [0.3, 0.4) is 0 Å². The van der Waals surface area contributed by atoms with Crippen LogP contribution in [0.1, 0.15) is 30.2 Å². The molecular formula is C20H21N5O2. The van der Waals surface area contributed by atoms with Crippen molar-refractivity contribution in [2.75, 3.05) is 19.0 Å². The fourth-order valence-electron chi connectivity index (χ4n) is 3.12. The number of nitrogens with zero attached hydrogens (tertiary/aromatic N) is 4. The first-order valence-electron chi connectivity index (χ1n) is 8.95. The van der Waals surface area contributed by atoms with Gasteiger partial charge in [0.05, 0.1) is 24.7 Å². The summed E-state index contributed by atoms with van der Waals surface area (Å²) in [5, 5.41) is 3.29. The molecule has 0 spiro atoms. The third-order valence-electron chi connectivity index (χ3n) is 4.48. The smallest absolute Gasteiger partial charge is 0.223 e. The molecule has 7 heteroatoms. The van der Waals surface area contributed by atoms with E-state index in [1.807, 2.05) is 24.3 Å². The second-order valence-electron chi connectivity index (χ2n) is 6.29. The number of aromatic nitrogens is 4. The van der Waals surface area contributed by atoms with Crippen LogP contribution in [0.25, 0.3) is 11.3 Å². The molecule has 0 saturated carbocycles. The van der Waals surface area contributed by atoms with Gasteiger partial charge in [-0.1, -0.05) is 12.1 Å². The predicted molar refractivity (Wildman–Crippen MR) is 101 cm³/mol. The van der Waals surface area contributed by atoms with Crippen LogP contribution < -0.4 is 10.1 Å². The number of nitrogens with one attached hydrogen (secondary N) is 1. The molecule has 1 aliphatic heterocycles. The van der Waals surface area contributed by atoms with Gasteiger partial charge in [0.2, 0.25) is 5.95 Å².